The van der Waals surface area contributed by atoms with Gasteiger partial charge in [-0.3, -0.25) is 19.6 Å². The van der Waals surface area contributed by atoms with Crippen molar-refractivity contribution in [3.63, 3.8) is 0 Å². The number of rotatable bonds is 11. The predicted octanol–water partition coefficient (Wildman–Crippen LogP) is -0.232. The van der Waals surface area contributed by atoms with Crippen molar-refractivity contribution in [3.05, 3.63) is 81.9 Å². The largest absolute Gasteiger partial charge is 0.480 e. The molecular formula is C23H27N5O5. The lowest BCUT2D eigenvalue weighted by atomic mass is 10.0. The number of hydroxylamine groups is 1. The molecule has 10 heteroatoms. The van der Waals surface area contributed by atoms with Crippen molar-refractivity contribution in [2.75, 3.05) is 6.67 Å². The quantitative estimate of drug-likeness (QED) is 0.176. The fourth-order valence-electron chi connectivity index (χ4n) is 3.29. The van der Waals surface area contributed by atoms with Crippen LogP contribution in [-0.4, -0.2) is 39.9 Å². The topological polar surface area (TPSA) is 164 Å². The molecule has 3 rings (SSSR count). The molecule has 2 aromatic carbocycles. The van der Waals surface area contributed by atoms with E-state index in [-0.39, 0.29) is 18.6 Å². The van der Waals surface area contributed by atoms with Gasteiger partial charge < -0.3 is 15.9 Å². The number of carboxylic acid groups (broad SMARTS) is 2. The number of hydrogen-bond acceptors (Lipinski definition) is 8. The van der Waals surface area contributed by atoms with Crippen LogP contribution < -0.4 is 27.6 Å². The monoisotopic (exact) mass is 453 g/mol. The third-order valence-electron chi connectivity index (χ3n) is 5.28. The average molecular weight is 453 g/mol. The van der Waals surface area contributed by atoms with E-state index in [1.165, 1.54) is 5.01 Å². The van der Waals surface area contributed by atoms with Crippen molar-refractivity contribution in [1.82, 2.24) is 10.5 Å². The van der Waals surface area contributed by atoms with Crippen molar-refractivity contribution in [2.24, 2.45) is 16.6 Å². The summed E-state index contributed by atoms with van der Waals surface area (Å²) in [4.78, 5) is 31.7. The number of hydrogen-bond donors (Lipinski definition) is 5. The van der Waals surface area contributed by atoms with Gasteiger partial charge in [0.1, 0.15) is 18.5 Å². The van der Waals surface area contributed by atoms with Crippen LogP contribution in [0, 0.1) is 0 Å². The zero-order chi connectivity index (χ0) is 24.0. The molecule has 2 aromatic rings. The highest BCUT2D eigenvalue weighted by Crippen LogP contribution is 2.10. The molecule has 0 radical (unpaired) electrons. The summed E-state index contributed by atoms with van der Waals surface area (Å²) in [6.07, 6.45) is 1.36. The number of hydrazine groups is 1. The van der Waals surface area contributed by atoms with E-state index in [0.29, 0.717) is 12.5 Å². The highest BCUT2D eigenvalue weighted by Gasteiger charge is 2.21. The van der Waals surface area contributed by atoms with E-state index in [0.717, 1.165) is 40.1 Å². The van der Waals surface area contributed by atoms with Crippen LogP contribution in [0.4, 0.5) is 0 Å². The number of nitrogens with zero attached hydrogens (tertiary/aromatic N) is 2. The molecule has 0 fully saturated rings. The second-order valence-corrected chi connectivity index (χ2v) is 7.73. The number of fused-ring (bicyclic) bond motifs is 1. The fourth-order valence-corrected chi connectivity index (χ4v) is 3.29. The van der Waals surface area contributed by atoms with Crippen LogP contribution in [0.3, 0.4) is 0 Å². The van der Waals surface area contributed by atoms with E-state index in [1.54, 1.807) is 0 Å². The lowest BCUT2D eigenvalue weighted by molar-refractivity contribution is -0.144. The van der Waals surface area contributed by atoms with Gasteiger partial charge in [0.05, 0.1) is 12.0 Å². The van der Waals surface area contributed by atoms with Gasteiger partial charge in [-0.2, -0.15) is 5.48 Å². The SMILES string of the molecule is C=C(C[C@H](NOCc1ccc(CCc2ccc3c(c2)=C(N)N(N)CN=3)cc1)C(=O)O)C(=O)O. The molecule has 0 spiro atoms. The normalized spacial score (nSPS) is 13.7. The molecule has 33 heavy (non-hydrogen) atoms. The van der Waals surface area contributed by atoms with Crippen molar-refractivity contribution in [3.8, 4) is 0 Å². The van der Waals surface area contributed by atoms with E-state index >= 15 is 0 Å². The molecule has 7 N–H and O–H groups in total. The fraction of sp³-hybridized carbons (Fsp3) is 0.261. The summed E-state index contributed by atoms with van der Waals surface area (Å²) in [5.74, 6) is 3.88. The zero-order valence-electron chi connectivity index (χ0n) is 18.0. The Hall–Kier alpha value is -3.73. The maximum absolute atomic E-state index is 11.2. The minimum absolute atomic E-state index is 0.128. The number of benzene rings is 2. The average Bonchev–Trinajstić information content (AvgIpc) is 2.80. The summed E-state index contributed by atoms with van der Waals surface area (Å²) >= 11 is 0. The Morgan fingerprint density at radius 3 is 2.42 bits per heavy atom. The summed E-state index contributed by atoms with van der Waals surface area (Å²) in [5.41, 5.74) is 11.4. The number of aryl methyl sites for hydroxylation is 2. The number of carbonyl (C=O) groups is 2. The maximum atomic E-state index is 11.2. The first-order valence-corrected chi connectivity index (χ1v) is 10.3. The van der Waals surface area contributed by atoms with Gasteiger partial charge >= 0.3 is 11.9 Å². The van der Waals surface area contributed by atoms with E-state index < -0.39 is 18.0 Å². The van der Waals surface area contributed by atoms with Gasteiger partial charge in [-0.15, -0.1) is 0 Å². The second kappa shape index (κ2) is 10.7. The molecule has 0 aromatic heterocycles. The Bertz CT molecular complexity index is 1160. The lowest BCUT2D eigenvalue weighted by Gasteiger charge is -2.19. The van der Waals surface area contributed by atoms with Crippen LogP contribution in [0.15, 0.2) is 59.6 Å². The third kappa shape index (κ3) is 6.39. The summed E-state index contributed by atoms with van der Waals surface area (Å²) < 4.78 is 0. The Labute approximate surface area is 190 Å². The number of nitrogens with two attached hydrogens (primary N) is 2. The Morgan fingerprint density at radius 1 is 1.12 bits per heavy atom. The Kier molecular flexibility index (Phi) is 7.78. The number of aliphatic carboxylic acids is 2. The van der Waals surface area contributed by atoms with E-state index in [9.17, 15) is 14.7 Å². The van der Waals surface area contributed by atoms with Gasteiger partial charge in [0.15, 0.2) is 0 Å². The number of carboxylic acids is 2. The molecule has 0 bridgehead atoms. The van der Waals surface area contributed by atoms with Crippen molar-refractivity contribution < 1.29 is 24.6 Å². The van der Waals surface area contributed by atoms with Gasteiger partial charge in [-0.1, -0.05) is 36.9 Å². The molecule has 1 aliphatic rings. The minimum atomic E-state index is -1.24. The van der Waals surface area contributed by atoms with Crippen LogP contribution in [0.2, 0.25) is 0 Å². The highest BCUT2D eigenvalue weighted by molar-refractivity contribution is 5.87. The standard InChI is InChI=1S/C23H27N5O5/c1-14(22(29)30)10-20(23(31)32)27-33-12-17-6-3-15(4-7-17)2-5-16-8-9-19-18(11-16)21(24)28(25)13-26-19/h3-4,6-9,11,20,27H,1-2,5,10,12-13,24-25H2,(H,29,30)(H,31,32)/t20-/m0/s1. The summed E-state index contributed by atoms with van der Waals surface area (Å²) in [7, 11) is 0. The Balaban J connectivity index is 1.52. The summed E-state index contributed by atoms with van der Waals surface area (Å²) in [6.45, 7) is 3.81. The van der Waals surface area contributed by atoms with Gasteiger partial charge in [0.25, 0.3) is 0 Å². The minimum Gasteiger partial charge on any atom is -0.480 e. The highest BCUT2D eigenvalue weighted by atomic mass is 16.6. The predicted molar refractivity (Wildman–Crippen MR) is 120 cm³/mol. The van der Waals surface area contributed by atoms with E-state index in [1.807, 2.05) is 42.5 Å². The molecule has 0 aliphatic carbocycles. The van der Waals surface area contributed by atoms with E-state index in [2.05, 4.69) is 17.1 Å². The van der Waals surface area contributed by atoms with Crippen molar-refractivity contribution in [1.29, 1.82) is 0 Å². The molecular weight excluding hydrogens is 426 g/mol. The summed E-state index contributed by atoms with van der Waals surface area (Å²) in [5, 5.41) is 21.1. The lowest BCUT2D eigenvalue weighted by Crippen LogP contribution is -2.46. The molecule has 0 amide bonds. The van der Waals surface area contributed by atoms with Crippen LogP contribution in [0.25, 0.3) is 5.82 Å². The zero-order valence-corrected chi connectivity index (χ0v) is 18.0. The smallest absolute Gasteiger partial charge is 0.331 e. The Morgan fingerprint density at radius 2 is 1.76 bits per heavy atom. The summed E-state index contributed by atoms with van der Waals surface area (Å²) in [6, 6.07) is 12.6. The van der Waals surface area contributed by atoms with E-state index in [4.69, 9.17) is 21.5 Å². The molecule has 1 aliphatic heterocycles. The molecule has 0 saturated heterocycles. The first-order chi connectivity index (χ1) is 15.7. The van der Waals surface area contributed by atoms with Crippen molar-refractivity contribution in [2.45, 2.75) is 31.9 Å². The van der Waals surface area contributed by atoms with Crippen LogP contribution >= 0.6 is 0 Å². The van der Waals surface area contributed by atoms with Crippen molar-refractivity contribution >= 4 is 17.8 Å². The van der Waals surface area contributed by atoms with Crippen LogP contribution in [0.5, 0.6) is 0 Å². The molecule has 174 valence electrons. The molecule has 1 heterocycles. The first-order valence-electron chi connectivity index (χ1n) is 10.3. The van der Waals surface area contributed by atoms with Gasteiger partial charge in [-0.05, 0) is 41.7 Å². The van der Waals surface area contributed by atoms with Gasteiger partial charge in [0, 0.05) is 17.2 Å². The third-order valence-corrected chi connectivity index (χ3v) is 5.28. The van der Waals surface area contributed by atoms with Crippen LogP contribution in [0.1, 0.15) is 23.1 Å². The van der Waals surface area contributed by atoms with Crippen LogP contribution in [-0.2, 0) is 33.9 Å². The second-order valence-electron chi connectivity index (χ2n) is 7.73. The molecule has 10 nitrogen and oxygen atoms in total. The molecule has 1 atom stereocenters. The number of nitrogens with one attached hydrogen (secondary N) is 1. The maximum Gasteiger partial charge on any atom is 0.331 e. The van der Waals surface area contributed by atoms with Gasteiger partial charge in [0.2, 0.25) is 0 Å². The molecule has 0 unspecified atom stereocenters. The molecule has 0 saturated carbocycles. The van der Waals surface area contributed by atoms with Gasteiger partial charge in [-0.25, -0.2) is 10.6 Å². The first kappa shape index (κ1) is 23.9.